The lowest BCUT2D eigenvalue weighted by molar-refractivity contribution is -0.385. The summed E-state index contributed by atoms with van der Waals surface area (Å²) in [5.41, 5.74) is -0.140. The van der Waals surface area contributed by atoms with Crippen molar-refractivity contribution < 1.29 is 4.92 Å². The Bertz CT molecular complexity index is 592. The zero-order chi connectivity index (χ0) is 12.3. The van der Waals surface area contributed by atoms with E-state index in [2.05, 4.69) is 9.36 Å². The number of hydrogen-bond donors (Lipinski definition) is 0. The fourth-order valence-electron chi connectivity index (χ4n) is 1.14. The van der Waals surface area contributed by atoms with Crippen molar-refractivity contribution in [3.05, 3.63) is 40.2 Å². The third-order valence-corrected chi connectivity index (χ3v) is 3.54. The molecule has 0 fully saturated rings. The van der Waals surface area contributed by atoms with E-state index >= 15 is 0 Å². The van der Waals surface area contributed by atoms with Gasteiger partial charge < -0.3 is 0 Å². The van der Waals surface area contributed by atoms with Gasteiger partial charge in [0.2, 0.25) is 0 Å². The van der Waals surface area contributed by atoms with Gasteiger partial charge in [-0.2, -0.15) is 9.64 Å². The number of aromatic nitrogens is 2. The van der Waals surface area contributed by atoms with Crippen molar-refractivity contribution in [3.8, 4) is 6.07 Å². The topological polar surface area (TPSA) is 92.7 Å². The smallest absolute Gasteiger partial charge is 0.258 e. The van der Waals surface area contributed by atoms with Gasteiger partial charge in [0.05, 0.1) is 4.92 Å². The molecule has 0 amide bonds. The van der Waals surface area contributed by atoms with Crippen molar-refractivity contribution in [2.45, 2.75) is 9.24 Å². The van der Waals surface area contributed by atoms with Crippen LogP contribution < -0.4 is 0 Å². The van der Waals surface area contributed by atoms with E-state index < -0.39 is 4.92 Å². The Labute approximate surface area is 104 Å². The molecule has 17 heavy (non-hydrogen) atoms. The van der Waals surface area contributed by atoms with Gasteiger partial charge in [-0.1, -0.05) is 11.8 Å². The summed E-state index contributed by atoms with van der Waals surface area (Å²) in [5.74, 6) is 0. The van der Waals surface area contributed by atoms with Crippen LogP contribution in [0.15, 0.2) is 33.8 Å². The first-order valence-electron chi connectivity index (χ1n) is 4.34. The summed E-state index contributed by atoms with van der Waals surface area (Å²) in [4.78, 5) is 14.8. The standard InChI is InChI=1S/C9H4N4O2S2/c10-4-6-3-7(1-2-8(6)13(14)15)16-9-11-5-12-17-9/h1-3,5H. The molecule has 0 unspecified atom stereocenters. The zero-order valence-corrected chi connectivity index (χ0v) is 9.86. The minimum absolute atomic E-state index is 0.0458. The predicted molar refractivity (Wildman–Crippen MR) is 61.8 cm³/mol. The number of rotatable bonds is 3. The van der Waals surface area contributed by atoms with Gasteiger partial charge in [-0.3, -0.25) is 10.1 Å². The van der Waals surface area contributed by atoms with Crippen LogP contribution in [0.25, 0.3) is 0 Å². The number of nitriles is 1. The van der Waals surface area contributed by atoms with Crippen LogP contribution in [0.1, 0.15) is 5.56 Å². The fraction of sp³-hybridized carbons (Fsp3) is 0. The monoisotopic (exact) mass is 264 g/mol. The minimum Gasteiger partial charge on any atom is -0.258 e. The SMILES string of the molecule is N#Cc1cc(Sc2ncns2)ccc1[N+](=O)[O-]. The maximum atomic E-state index is 10.6. The molecule has 0 bridgehead atoms. The second kappa shape index (κ2) is 4.90. The quantitative estimate of drug-likeness (QED) is 0.624. The number of benzene rings is 1. The van der Waals surface area contributed by atoms with Crippen LogP contribution in [0, 0.1) is 21.4 Å². The van der Waals surface area contributed by atoms with E-state index in [1.807, 2.05) is 6.07 Å². The van der Waals surface area contributed by atoms with Crippen LogP contribution in [0.2, 0.25) is 0 Å². The number of nitrogens with zero attached hydrogens (tertiary/aromatic N) is 4. The molecule has 1 heterocycles. The van der Waals surface area contributed by atoms with E-state index in [9.17, 15) is 10.1 Å². The van der Waals surface area contributed by atoms with Crippen molar-refractivity contribution >= 4 is 29.0 Å². The highest BCUT2D eigenvalue weighted by Crippen LogP contribution is 2.31. The van der Waals surface area contributed by atoms with Crippen molar-refractivity contribution in [1.82, 2.24) is 9.36 Å². The number of hydrogen-bond acceptors (Lipinski definition) is 7. The summed E-state index contributed by atoms with van der Waals surface area (Å²) >= 11 is 2.54. The Kier molecular flexibility index (Phi) is 3.32. The first-order chi connectivity index (χ1) is 8.20. The third-order valence-electron chi connectivity index (χ3n) is 1.83. The van der Waals surface area contributed by atoms with Gasteiger partial charge in [0.25, 0.3) is 5.69 Å². The van der Waals surface area contributed by atoms with E-state index in [1.165, 1.54) is 41.8 Å². The molecule has 0 aliphatic heterocycles. The van der Waals surface area contributed by atoms with Gasteiger partial charge in [0, 0.05) is 11.0 Å². The molecular weight excluding hydrogens is 260 g/mol. The van der Waals surface area contributed by atoms with Crippen LogP contribution in [0.4, 0.5) is 5.69 Å². The Morgan fingerprint density at radius 2 is 2.35 bits per heavy atom. The number of nitro benzene ring substituents is 1. The minimum atomic E-state index is -0.571. The third kappa shape index (κ3) is 2.58. The molecule has 2 aromatic rings. The molecule has 2 rings (SSSR count). The summed E-state index contributed by atoms with van der Waals surface area (Å²) in [5, 5.41) is 19.5. The molecule has 1 aromatic carbocycles. The highest BCUT2D eigenvalue weighted by Gasteiger charge is 2.14. The first-order valence-corrected chi connectivity index (χ1v) is 5.93. The van der Waals surface area contributed by atoms with Crippen LogP contribution in [-0.2, 0) is 0 Å². The average Bonchev–Trinajstić information content (AvgIpc) is 2.81. The van der Waals surface area contributed by atoms with Crippen molar-refractivity contribution in [2.24, 2.45) is 0 Å². The Hall–Kier alpha value is -1.98. The van der Waals surface area contributed by atoms with E-state index in [0.717, 1.165) is 9.24 Å². The van der Waals surface area contributed by atoms with Crippen LogP contribution in [0.5, 0.6) is 0 Å². The fourth-order valence-corrected chi connectivity index (χ4v) is 2.60. The molecule has 0 atom stereocenters. The summed E-state index contributed by atoms with van der Waals surface area (Å²) < 4.78 is 4.57. The van der Waals surface area contributed by atoms with Gasteiger partial charge in [0.15, 0.2) is 4.34 Å². The molecule has 0 aliphatic rings. The molecule has 8 heteroatoms. The molecule has 1 aromatic heterocycles. The van der Waals surface area contributed by atoms with Gasteiger partial charge in [0.1, 0.15) is 18.0 Å². The molecular formula is C9H4N4O2S2. The van der Waals surface area contributed by atoms with E-state index in [4.69, 9.17) is 5.26 Å². The Morgan fingerprint density at radius 1 is 1.53 bits per heavy atom. The van der Waals surface area contributed by atoms with E-state index in [1.54, 1.807) is 6.07 Å². The molecule has 0 aliphatic carbocycles. The number of nitro groups is 1. The highest BCUT2D eigenvalue weighted by molar-refractivity contribution is 8.01. The maximum absolute atomic E-state index is 10.6. The van der Waals surface area contributed by atoms with Crippen molar-refractivity contribution in [3.63, 3.8) is 0 Å². The van der Waals surface area contributed by atoms with Crippen LogP contribution in [0.3, 0.4) is 0 Å². The largest absolute Gasteiger partial charge is 0.287 e. The molecule has 0 saturated carbocycles. The van der Waals surface area contributed by atoms with Crippen molar-refractivity contribution in [1.29, 1.82) is 5.26 Å². The molecule has 0 radical (unpaired) electrons. The van der Waals surface area contributed by atoms with Gasteiger partial charge in [-0.05, 0) is 23.7 Å². The summed E-state index contributed by atoms with van der Waals surface area (Å²) in [6.45, 7) is 0. The Morgan fingerprint density at radius 3 is 2.94 bits per heavy atom. The second-order valence-corrected chi connectivity index (χ2v) is 4.96. The normalized spacial score (nSPS) is 9.82. The molecule has 0 spiro atoms. The summed E-state index contributed by atoms with van der Waals surface area (Å²) in [6.07, 6.45) is 1.43. The summed E-state index contributed by atoms with van der Waals surface area (Å²) in [6, 6.07) is 6.20. The maximum Gasteiger partial charge on any atom is 0.287 e. The first kappa shape index (κ1) is 11.5. The van der Waals surface area contributed by atoms with Crippen LogP contribution >= 0.6 is 23.3 Å². The highest BCUT2D eigenvalue weighted by atomic mass is 32.2. The van der Waals surface area contributed by atoms with E-state index in [0.29, 0.717) is 0 Å². The lowest BCUT2D eigenvalue weighted by atomic mass is 10.2. The Balaban J connectivity index is 2.33. The molecule has 6 nitrogen and oxygen atoms in total. The van der Waals surface area contributed by atoms with Crippen molar-refractivity contribution in [2.75, 3.05) is 0 Å². The lowest BCUT2D eigenvalue weighted by Crippen LogP contribution is -1.92. The second-order valence-electron chi connectivity index (χ2n) is 2.86. The van der Waals surface area contributed by atoms with Crippen LogP contribution in [-0.4, -0.2) is 14.3 Å². The van der Waals surface area contributed by atoms with Gasteiger partial charge in [-0.15, -0.1) is 0 Å². The molecule has 0 saturated heterocycles. The molecule has 0 N–H and O–H groups in total. The summed E-state index contributed by atoms with van der Waals surface area (Å²) in [7, 11) is 0. The van der Waals surface area contributed by atoms with Gasteiger partial charge >= 0.3 is 0 Å². The van der Waals surface area contributed by atoms with Gasteiger partial charge in [-0.25, -0.2) is 4.98 Å². The molecule has 84 valence electrons. The zero-order valence-electron chi connectivity index (χ0n) is 8.23. The van der Waals surface area contributed by atoms with E-state index in [-0.39, 0.29) is 11.3 Å². The average molecular weight is 264 g/mol. The predicted octanol–water partition coefficient (Wildman–Crippen LogP) is 2.47. The lowest BCUT2D eigenvalue weighted by Gasteiger charge is -1.98.